The fourth-order valence-electron chi connectivity index (χ4n) is 3.84. The number of likely N-dealkylation sites (tertiary alicyclic amines) is 1. The van der Waals surface area contributed by atoms with E-state index in [1.54, 1.807) is 7.11 Å². The van der Waals surface area contributed by atoms with Crippen molar-refractivity contribution in [3.8, 4) is 5.69 Å². The maximum atomic E-state index is 13.0. The minimum absolute atomic E-state index is 0.0809. The molecule has 1 fully saturated rings. The summed E-state index contributed by atoms with van der Waals surface area (Å²) in [5.74, 6) is 0.0809. The molecule has 1 aromatic heterocycles. The summed E-state index contributed by atoms with van der Waals surface area (Å²) < 4.78 is 7.37. The molecule has 1 saturated heterocycles. The van der Waals surface area contributed by atoms with Crippen molar-refractivity contribution < 1.29 is 9.53 Å². The number of benzene rings is 1. The Bertz CT molecular complexity index is 731. The van der Waals surface area contributed by atoms with E-state index in [1.165, 1.54) is 5.69 Å². The van der Waals surface area contributed by atoms with Crippen LogP contribution in [0.2, 0.25) is 0 Å². The first-order valence-electron chi connectivity index (χ1n) is 8.76. The number of ether oxygens (including phenoxy) is 1. The average molecular weight is 325 g/mol. The maximum Gasteiger partial charge on any atom is 0.274 e. The van der Waals surface area contributed by atoms with Gasteiger partial charge in [-0.05, 0) is 44.2 Å². The molecule has 4 rings (SSSR count). The van der Waals surface area contributed by atoms with Gasteiger partial charge in [-0.3, -0.25) is 4.79 Å². The second-order valence-electron chi connectivity index (χ2n) is 6.60. The van der Waals surface area contributed by atoms with Crippen LogP contribution in [0, 0.1) is 0 Å². The molecule has 1 aliphatic carbocycles. The van der Waals surface area contributed by atoms with Crippen molar-refractivity contribution >= 4 is 5.91 Å². The Morgan fingerprint density at radius 1 is 1.17 bits per heavy atom. The third-order valence-corrected chi connectivity index (χ3v) is 5.20. The summed E-state index contributed by atoms with van der Waals surface area (Å²) >= 11 is 0. The largest absolute Gasteiger partial charge is 0.381 e. The van der Waals surface area contributed by atoms with Gasteiger partial charge in [0.2, 0.25) is 0 Å². The van der Waals surface area contributed by atoms with Crippen LogP contribution < -0.4 is 0 Å². The Morgan fingerprint density at radius 2 is 1.92 bits per heavy atom. The van der Waals surface area contributed by atoms with E-state index in [9.17, 15) is 4.79 Å². The Hall–Kier alpha value is -2.14. The fourth-order valence-corrected chi connectivity index (χ4v) is 3.84. The monoisotopic (exact) mass is 325 g/mol. The van der Waals surface area contributed by atoms with E-state index in [-0.39, 0.29) is 12.0 Å². The van der Waals surface area contributed by atoms with Gasteiger partial charge in [0.15, 0.2) is 5.69 Å². The van der Waals surface area contributed by atoms with Crippen LogP contribution in [0.15, 0.2) is 30.3 Å². The predicted octanol–water partition coefficient (Wildman–Crippen LogP) is 2.61. The molecule has 0 unspecified atom stereocenters. The summed E-state index contributed by atoms with van der Waals surface area (Å²) in [4.78, 5) is 14.9. The van der Waals surface area contributed by atoms with Crippen LogP contribution in [-0.4, -0.2) is 46.9 Å². The molecule has 0 saturated carbocycles. The summed E-state index contributed by atoms with van der Waals surface area (Å²) in [6.07, 6.45) is 5.15. The average Bonchev–Trinajstić information content (AvgIpc) is 3.24. The third kappa shape index (κ3) is 2.63. The van der Waals surface area contributed by atoms with Crippen LogP contribution in [0.1, 0.15) is 41.0 Å². The molecule has 0 N–H and O–H groups in total. The van der Waals surface area contributed by atoms with Crippen molar-refractivity contribution in [2.45, 2.75) is 38.2 Å². The van der Waals surface area contributed by atoms with E-state index < -0.39 is 0 Å². The number of hydrogen-bond acceptors (Lipinski definition) is 3. The van der Waals surface area contributed by atoms with E-state index in [2.05, 4.69) is 0 Å². The lowest BCUT2D eigenvalue weighted by Crippen LogP contribution is -2.41. The molecule has 1 amide bonds. The lowest BCUT2D eigenvalue weighted by atomic mass is 10.1. The molecular weight excluding hydrogens is 302 g/mol. The summed E-state index contributed by atoms with van der Waals surface area (Å²) in [6.45, 7) is 1.51. The second-order valence-corrected chi connectivity index (χ2v) is 6.60. The minimum atomic E-state index is 0.0809. The number of carbonyl (C=O) groups is 1. The van der Waals surface area contributed by atoms with Gasteiger partial charge in [0.25, 0.3) is 5.91 Å². The van der Waals surface area contributed by atoms with Crippen LogP contribution in [0.25, 0.3) is 5.69 Å². The molecule has 0 bridgehead atoms. The van der Waals surface area contributed by atoms with Gasteiger partial charge in [-0.15, -0.1) is 0 Å². The van der Waals surface area contributed by atoms with E-state index >= 15 is 0 Å². The number of carbonyl (C=O) groups excluding carboxylic acids is 1. The second kappa shape index (κ2) is 6.40. The number of nitrogens with zero attached hydrogens (tertiary/aromatic N) is 3. The Balaban J connectivity index is 1.63. The highest BCUT2D eigenvalue weighted by Crippen LogP contribution is 2.29. The quantitative estimate of drug-likeness (QED) is 0.871. The van der Waals surface area contributed by atoms with Crippen molar-refractivity contribution in [2.24, 2.45) is 0 Å². The van der Waals surface area contributed by atoms with E-state index in [0.717, 1.165) is 56.4 Å². The zero-order valence-electron chi connectivity index (χ0n) is 14.1. The molecule has 1 aromatic carbocycles. The number of rotatable bonds is 3. The first kappa shape index (κ1) is 15.4. The lowest BCUT2D eigenvalue weighted by Gasteiger charge is -2.30. The highest BCUT2D eigenvalue weighted by atomic mass is 16.5. The summed E-state index contributed by atoms with van der Waals surface area (Å²) in [7, 11) is 1.75. The van der Waals surface area contributed by atoms with Crippen LogP contribution >= 0.6 is 0 Å². The van der Waals surface area contributed by atoms with Crippen LogP contribution in [-0.2, 0) is 17.6 Å². The van der Waals surface area contributed by atoms with Gasteiger partial charge in [-0.1, -0.05) is 18.2 Å². The summed E-state index contributed by atoms with van der Waals surface area (Å²) in [5.41, 5.74) is 4.05. The maximum absolute atomic E-state index is 13.0. The highest BCUT2D eigenvalue weighted by molar-refractivity contribution is 5.94. The van der Waals surface area contributed by atoms with E-state index in [4.69, 9.17) is 9.84 Å². The molecular formula is C19H23N3O2. The number of piperidine rings is 1. The third-order valence-electron chi connectivity index (χ3n) is 5.20. The van der Waals surface area contributed by atoms with Gasteiger partial charge in [-0.2, -0.15) is 5.10 Å². The topological polar surface area (TPSA) is 47.4 Å². The molecule has 2 aromatic rings. The van der Waals surface area contributed by atoms with Crippen molar-refractivity contribution in [1.29, 1.82) is 0 Å². The Morgan fingerprint density at radius 3 is 2.62 bits per heavy atom. The standard InChI is InChI=1S/C19H23N3O2/c1-24-15-10-12-21(13-11-15)19(23)18-16-8-5-9-17(16)22(20-18)14-6-3-2-4-7-14/h2-4,6-7,15H,5,8-13H2,1H3. The van der Waals surface area contributed by atoms with Crippen molar-refractivity contribution in [3.05, 3.63) is 47.3 Å². The van der Waals surface area contributed by atoms with E-state index in [0.29, 0.717) is 5.69 Å². The highest BCUT2D eigenvalue weighted by Gasteiger charge is 2.31. The first-order chi connectivity index (χ1) is 11.8. The SMILES string of the molecule is COC1CCN(C(=O)c2nn(-c3ccccc3)c3c2CCC3)CC1. The molecule has 0 radical (unpaired) electrons. The molecule has 1 aliphatic heterocycles. The number of fused-ring (bicyclic) bond motifs is 1. The lowest BCUT2D eigenvalue weighted by molar-refractivity contribution is 0.0347. The number of amides is 1. The minimum Gasteiger partial charge on any atom is -0.381 e. The number of methoxy groups -OCH3 is 1. The predicted molar refractivity (Wildman–Crippen MR) is 91.5 cm³/mol. The molecule has 0 spiro atoms. The van der Waals surface area contributed by atoms with Crippen LogP contribution in [0.3, 0.4) is 0 Å². The van der Waals surface area contributed by atoms with E-state index in [1.807, 2.05) is 39.9 Å². The molecule has 0 atom stereocenters. The van der Waals surface area contributed by atoms with Gasteiger partial charge < -0.3 is 9.64 Å². The Kier molecular flexibility index (Phi) is 4.10. The molecule has 2 aliphatic rings. The zero-order valence-corrected chi connectivity index (χ0v) is 14.1. The Labute approximate surface area is 142 Å². The van der Waals surface area contributed by atoms with Crippen LogP contribution in [0.5, 0.6) is 0 Å². The van der Waals surface area contributed by atoms with Crippen molar-refractivity contribution in [2.75, 3.05) is 20.2 Å². The summed E-state index contributed by atoms with van der Waals surface area (Å²) in [5, 5.41) is 4.71. The molecule has 5 heteroatoms. The molecule has 126 valence electrons. The fraction of sp³-hybridized carbons (Fsp3) is 0.474. The molecule has 24 heavy (non-hydrogen) atoms. The smallest absolute Gasteiger partial charge is 0.274 e. The molecule has 5 nitrogen and oxygen atoms in total. The zero-order chi connectivity index (χ0) is 16.5. The van der Waals surface area contributed by atoms with Gasteiger partial charge in [0, 0.05) is 31.5 Å². The first-order valence-corrected chi connectivity index (χ1v) is 8.76. The van der Waals surface area contributed by atoms with Gasteiger partial charge in [-0.25, -0.2) is 4.68 Å². The van der Waals surface area contributed by atoms with Gasteiger partial charge in [0.05, 0.1) is 11.8 Å². The van der Waals surface area contributed by atoms with Gasteiger partial charge >= 0.3 is 0 Å². The van der Waals surface area contributed by atoms with Crippen molar-refractivity contribution in [1.82, 2.24) is 14.7 Å². The number of para-hydroxylation sites is 1. The number of aromatic nitrogens is 2. The summed E-state index contributed by atoms with van der Waals surface area (Å²) in [6, 6.07) is 10.1. The molecule has 2 heterocycles. The van der Waals surface area contributed by atoms with Gasteiger partial charge in [0.1, 0.15) is 0 Å². The number of hydrogen-bond donors (Lipinski definition) is 0. The van der Waals surface area contributed by atoms with Crippen LogP contribution in [0.4, 0.5) is 0 Å². The normalized spacial score (nSPS) is 18.0. The van der Waals surface area contributed by atoms with Crippen molar-refractivity contribution in [3.63, 3.8) is 0 Å².